The Morgan fingerprint density at radius 3 is 3.03 bits per heavy atom. The predicted octanol–water partition coefficient (Wildman–Crippen LogP) is 2.80. The fourth-order valence-corrected chi connectivity index (χ4v) is 4.24. The molecular weight excluding hydrogens is 394 g/mol. The summed E-state index contributed by atoms with van der Waals surface area (Å²) in [5, 5.41) is 16.6. The number of nitrogens with zero attached hydrogens (tertiary/aromatic N) is 6. The Morgan fingerprint density at radius 2 is 2.16 bits per heavy atom. The van der Waals surface area contributed by atoms with Gasteiger partial charge in [0.2, 0.25) is 5.95 Å². The fraction of sp³-hybridized carbons (Fsp3) is 0.364. The predicted molar refractivity (Wildman–Crippen MR) is 116 cm³/mol. The second kappa shape index (κ2) is 7.99. The molecule has 0 aliphatic carbocycles. The van der Waals surface area contributed by atoms with Gasteiger partial charge in [-0.15, -0.1) is 10.2 Å². The van der Waals surface area contributed by atoms with E-state index in [2.05, 4.69) is 33.6 Å². The van der Waals surface area contributed by atoms with Crippen LogP contribution in [0.2, 0.25) is 0 Å². The zero-order valence-corrected chi connectivity index (χ0v) is 17.9. The van der Waals surface area contributed by atoms with E-state index in [-0.39, 0.29) is 0 Å². The topological polar surface area (TPSA) is 91.4 Å². The second-order valence-corrected chi connectivity index (χ2v) is 7.63. The van der Waals surface area contributed by atoms with Crippen LogP contribution in [0.3, 0.4) is 0 Å². The molecule has 5 rings (SSSR count). The van der Waals surface area contributed by atoms with E-state index >= 15 is 0 Å². The molecule has 0 saturated carbocycles. The summed E-state index contributed by atoms with van der Waals surface area (Å²) in [5.74, 6) is 1.68. The molecule has 9 nitrogen and oxygen atoms in total. The highest BCUT2D eigenvalue weighted by Gasteiger charge is 2.20. The first-order valence-corrected chi connectivity index (χ1v) is 10.4. The van der Waals surface area contributed by atoms with Crippen molar-refractivity contribution in [1.82, 2.24) is 29.4 Å². The van der Waals surface area contributed by atoms with Gasteiger partial charge in [-0.1, -0.05) is 12.1 Å². The van der Waals surface area contributed by atoms with Crippen LogP contribution in [0.15, 0.2) is 30.7 Å². The first-order valence-electron chi connectivity index (χ1n) is 10.4. The summed E-state index contributed by atoms with van der Waals surface area (Å²) in [6.07, 6.45) is 4.47. The molecule has 1 aromatic carbocycles. The van der Waals surface area contributed by atoms with E-state index in [9.17, 15) is 0 Å². The van der Waals surface area contributed by atoms with Crippen LogP contribution in [-0.4, -0.2) is 49.7 Å². The van der Waals surface area contributed by atoms with Crippen LogP contribution in [0.1, 0.15) is 22.5 Å². The quantitative estimate of drug-likeness (QED) is 0.492. The number of anilines is 1. The third-order valence-electron chi connectivity index (χ3n) is 5.77. The molecule has 0 amide bonds. The number of aromatic nitrogens is 6. The van der Waals surface area contributed by atoms with Crippen molar-refractivity contribution in [2.75, 3.05) is 25.6 Å². The molecule has 9 heteroatoms. The molecule has 1 aliphatic rings. The van der Waals surface area contributed by atoms with Gasteiger partial charge in [-0.3, -0.25) is 9.08 Å². The number of fused-ring (bicyclic) bond motifs is 2. The largest absolute Gasteiger partial charge is 0.493 e. The van der Waals surface area contributed by atoms with Gasteiger partial charge in [0.05, 0.1) is 25.5 Å². The normalized spacial score (nSPS) is 12.9. The lowest BCUT2D eigenvalue weighted by Gasteiger charge is -2.12. The summed E-state index contributed by atoms with van der Waals surface area (Å²) in [7, 11) is 1.69. The summed E-state index contributed by atoms with van der Waals surface area (Å²) in [5.41, 5.74) is 7.16. The van der Waals surface area contributed by atoms with E-state index in [4.69, 9.17) is 14.5 Å². The summed E-state index contributed by atoms with van der Waals surface area (Å²) in [6, 6.07) is 6.17. The van der Waals surface area contributed by atoms with Crippen molar-refractivity contribution in [3.05, 3.63) is 53.2 Å². The summed E-state index contributed by atoms with van der Waals surface area (Å²) >= 11 is 0. The molecule has 0 spiro atoms. The third-order valence-corrected chi connectivity index (χ3v) is 5.77. The van der Waals surface area contributed by atoms with Gasteiger partial charge in [-0.2, -0.15) is 5.10 Å². The smallest absolute Gasteiger partial charge is 0.210 e. The van der Waals surface area contributed by atoms with Gasteiger partial charge in [0.25, 0.3) is 0 Å². The number of ether oxygens (including phenoxy) is 2. The molecule has 1 aliphatic heterocycles. The highest BCUT2D eigenvalue weighted by Crippen LogP contribution is 2.31. The molecule has 4 aromatic rings. The number of benzene rings is 1. The highest BCUT2D eigenvalue weighted by molar-refractivity contribution is 5.80. The van der Waals surface area contributed by atoms with Gasteiger partial charge in [0, 0.05) is 48.7 Å². The monoisotopic (exact) mass is 419 g/mol. The molecule has 0 atom stereocenters. The minimum atomic E-state index is 0.608. The molecule has 0 fully saturated rings. The SMILES string of the molecule is COCCn1nc(C)c(-c2cnc(NCc3cccc4c3CCO4)n3cnnc23)c1C. The lowest BCUT2D eigenvalue weighted by Crippen LogP contribution is -2.09. The Kier molecular flexibility index (Phi) is 5.03. The number of aryl methyl sites for hydroxylation is 1. The maximum absolute atomic E-state index is 5.68. The standard InChI is InChI=1S/C22H25N7O2/c1-14-20(15(2)29(27-14)8-10-30-3)18-12-24-22(28-13-25-26-21(18)28)23-11-16-5-4-6-19-17(16)7-9-31-19/h4-6,12-13H,7-11H2,1-3H3,(H,23,24). The zero-order chi connectivity index (χ0) is 21.4. The van der Waals surface area contributed by atoms with Crippen molar-refractivity contribution in [2.24, 2.45) is 0 Å². The maximum atomic E-state index is 5.68. The van der Waals surface area contributed by atoms with E-state index in [1.807, 2.05) is 34.3 Å². The molecule has 3 aromatic heterocycles. The molecule has 160 valence electrons. The molecule has 0 bridgehead atoms. The number of methoxy groups -OCH3 is 1. The van der Waals surface area contributed by atoms with Crippen molar-refractivity contribution in [3.63, 3.8) is 0 Å². The van der Waals surface area contributed by atoms with Crippen LogP contribution >= 0.6 is 0 Å². The Labute approximate surface area is 180 Å². The molecule has 1 N–H and O–H groups in total. The second-order valence-electron chi connectivity index (χ2n) is 7.63. The van der Waals surface area contributed by atoms with E-state index in [1.54, 1.807) is 13.4 Å². The Balaban J connectivity index is 1.47. The summed E-state index contributed by atoms with van der Waals surface area (Å²) in [6.45, 7) is 6.76. The Morgan fingerprint density at radius 1 is 1.26 bits per heavy atom. The van der Waals surface area contributed by atoms with E-state index < -0.39 is 0 Å². The maximum Gasteiger partial charge on any atom is 0.210 e. The lowest BCUT2D eigenvalue weighted by atomic mass is 10.1. The molecule has 4 heterocycles. The fourth-order valence-electron chi connectivity index (χ4n) is 4.24. The number of nitrogens with one attached hydrogen (secondary N) is 1. The molecule has 0 saturated heterocycles. The third kappa shape index (κ3) is 3.40. The number of rotatable bonds is 7. The average molecular weight is 419 g/mol. The van der Waals surface area contributed by atoms with Gasteiger partial charge in [0.15, 0.2) is 5.65 Å². The van der Waals surface area contributed by atoms with Gasteiger partial charge in [0.1, 0.15) is 12.1 Å². The van der Waals surface area contributed by atoms with Crippen LogP contribution in [0.5, 0.6) is 5.75 Å². The summed E-state index contributed by atoms with van der Waals surface area (Å²) < 4.78 is 14.7. The van der Waals surface area contributed by atoms with Gasteiger partial charge in [-0.25, -0.2) is 4.98 Å². The van der Waals surface area contributed by atoms with Crippen LogP contribution in [0.25, 0.3) is 16.8 Å². The minimum Gasteiger partial charge on any atom is -0.493 e. The van der Waals surface area contributed by atoms with Crippen molar-refractivity contribution >= 4 is 11.6 Å². The molecule has 31 heavy (non-hydrogen) atoms. The van der Waals surface area contributed by atoms with E-state index in [0.29, 0.717) is 25.6 Å². The van der Waals surface area contributed by atoms with E-state index in [0.717, 1.165) is 46.9 Å². The lowest BCUT2D eigenvalue weighted by molar-refractivity contribution is 0.182. The zero-order valence-electron chi connectivity index (χ0n) is 17.9. The number of hydrogen-bond donors (Lipinski definition) is 1. The minimum absolute atomic E-state index is 0.608. The van der Waals surface area contributed by atoms with Crippen molar-refractivity contribution in [2.45, 2.75) is 33.4 Å². The van der Waals surface area contributed by atoms with Crippen LogP contribution in [0, 0.1) is 13.8 Å². The van der Waals surface area contributed by atoms with Crippen LogP contribution in [0.4, 0.5) is 5.95 Å². The van der Waals surface area contributed by atoms with Gasteiger partial charge in [-0.05, 0) is 25.5 Å². The van der Waals surface area contributed by atoms with Crippen molar-refractivity contribution in [1.29, 1.82) is 0 Å². The van der Waals surface area contributed by atoms with Gasteiger partial charge < -0.3 is 14.8 Å². The van der Waals surface area contributed by atoms with Gasteiger partial charge >= 0.3 is 0 Å². The first kappa shape index (κ1) is 19.5. The highest BCUT2D eigenvalue weighted by atomic mass is 16.5. The number of hydrogen-bond acceptors (Lipinski definition) is 7. The Bertz CT molecular complexity index is 1240. The molecular formula is C22H25N7O2. The summed E-state index contributed by atoms with van der Waals surface area (Å²) in [4.78, 5) is 4.70. The Hall–Kier alpha value is -3.46. The van der Waals surface area contributed by atoms with E-state index in [1.165, 1.54) is 11.1 Å². The molecule has 0 unspecified atom stereocenters. The van der Waals surface area contributed by atoms with Crippen molar-refractivity contribution < 1.29 is 9.47 Å². The van der Waals surface area contributed by atoms with Crippen LogP contribution in [-0.2, 0) is 24.2 Å². The first-order chi connectivity index (χ1) is 15.2. The van der Waals surface area contributed by atoms with Crippen molar-refractivity contribution in [3.8, 4) is 16.9 Å². The average Bonchev–Trinajstić information content (AvgIpc) is 3.50. The van der Waals surface area contributed by atoms with Crippen LogP contribution < -0.4 is 10.1 Å². The molecule has 0 radical (unpaired) electrons.